The van der Waals surface area contributed by atoms with E-state index in [1.54, 1.807) is 11.8 Å². The number of likely N-dealkylation sites (tertiary alicyclic amines) is 1. The second-order valence-corrected chi connectivity index (χ2v) is 6.88. The van der Waals surface area contributed by atoms with E-state index in [-0.39, 0.29) is 11.9 Å². The van der Waals surface area contributed by atoms with Crippen LogP contribution >= 0.6 is 27.7 Å². The van der Waals surface area contributed by atoms with E-state index in [9.17, 15) is 4.79 Å². The zero-order valence-electron chi connectivity index (χ0n) is 10.8. The van der Waals surface area contributed by atoms with Gasteiger partial charge in [0.25, 0.3) is 0 Å². The van der Waals surface area contributed by atoms with Crippen molar-refractivity contribution < 1.29 is 4.79 Å². The van der Waals surface area contributed by atoms with E-state index in [0.29, 0.717) is 6.42 Å². The Kier molecular flexibility index (Phi) is 5.73. The molecule has 2 rings (SSSR count). The van der Waals surface area contributed by atoms with Crippen LogP contribution in [0, 0.1) is 0 Å². The highest BCUT2D eigenvalue weighted by Crippen LogP contribution is 2.21. The summed E-state index contributed by atoms with van der Waals surface area (Å²) in [5, 5.41) is 0. The summed E-state index contributed by atoms with van der Waals surface area (Å²) in [4.78, 5) is 15.2. The summed E-state index contributed by atoms with van der Waals surface area (Å²) < 4.78 is 1.08. The maximum atomic E-state index is 12.0. The van der Waals surface area contributed by atoms with Gasteiger partial charge in [0.2, 0.25) is 5.91 Å². The molecule has 1 unspecified atom stereocenters. The van der Waals surface area contributed by atoms with E-state index >= 15 is 0 Å². The van der Waals surface area contributed by atoms with Gasteiger partial charge in [0.05, 0.1) is 0 Å². The van der Waals surface area contributed by atoms with Gasteiger partial charge in [0.15, 0.2) is 0 Å². The molecule has 0 aliphatic carbocycles. The van der Waals surface area contributed by atoms with Crippen molar-refractivity contribution in [1.29, 1.82) is 0 Å². The highest BCUT2D eigenvalue weighted by Gasteiger charge is 2.20. The van der Waals surface area contributed by atoms with E-state index in [1.165, 1.54) is 4.90 Å². The number of nitrogens with zero attached hydrogens (tertiary/aromatic N) is 1. The molecule has 1 heterocycles. The van der Waals surface area contributed by atoms with Crippen molar-refractivity contribution >= 4 is 33.6 Å². The smallest absolute Gasteiger partial charge is 0.223 e. The molecule has 2 N–H and O–H groups in total. The first-order valence-corrected chi connectivity index (χ1v) is 8.35. The number of carbonyl (C=O) groups excluding carboxylic acids is 1. The third-order valence-electron chi connectivity index (χ3n) is 3.21. The molecule has 1 amide bonds. The third kappa shape index (κ3) is 4.82. The second-order valence-electron chi connectivity index (χ2n) is 4.79. The molecule has 1 aliphatic heterocycles. The average molecular weight is 343 g/mol. The first-order valence-electron chi connectivity index (χ1n) is 6.57. The molecule has 5 heteroatoms. The van der Waals surface area contributed by atoms with Crippen LogP contribution in [0.5, 0.6) is 0 Å². The predicted molar refractivity (Wildman–Crippen MR) is 83.3 cm³/mol. The van der Waals surface area contributed by atoms with E-state index in [2.05, 4.69) is 28.1 Å². The molecule has 1 aromatic rings. The minimum Gasteiger partial charge on any atom is -0.341 e. The van der Waals surface area contributed by atoms with Gasteiger partial charge in [-0.2, -0.15) is 0 Å². The summed E-state index contributed by atoms with van der Waals surface area (Å²) in [7, 11) is 0. The van der Waals surface area contributed by atoms with Gasteiger partial charge < -0.3 is 10.6 Å². The van der Waals surface area contributed by atoms with Gasteiger partial charge in [-0.3, -0.25) is 4.79 Å². The number of rotatable bonds is 4. The molecule has 1 saturated heterocycles. The number of piperidine rings is 1. The molecule has 1 atom stereocenters. The molecule has 0 bridgehead atoms. The SMILES string of the molecule is NC1CCCN(C(=O)CCSc2ccc(Br)cc2)C1. The minimum atomic E-state index is 0.164. The molecule has 1 aromatic carbocycles. The Hall–Kier alpha value is -0.520. The Labute approximate surface area is 127 Å². The summed E-state index contributed by atoms with van der Waals surface area (Å²) in [5.74, 6) is 1.06. The first kappa shape index (κ1) is 14.9. The van der Waals surface area contributed by atoms with E-state index in [0.717, 1.165) is 36.2 Å². The topological polar surface area (TPSA) is 46.3 Å². The molecule has 0 spiro atoms. The van der Waals surface area contributed by atoms with Crippen molar-refractivity contribution in [3.05, 3.63) is 28.7 Å². The number of hydrogen-bond donors (Lipinski definition) is 1. The Morgan fingerprint density at radius 2 is 2.16 bits per heavy atom. The molecule has 3 nitrogen and oxygen atoms in total. The van der Waals surface area contributed by atoms with Crippen molar-refractivity contribution in [3.63, 3.8) is 0 Å². The summed E-state index contributed by atoms with van der Waals surface area (Å²) in [6.45, 7) is 1.59. The molecular weight excluding hydrogens is 324 g/mol. The summed E-state index contributed by atoms with van der Waals surface area (Å²) >= 11 is 5.14. The lowest BCUT2D eigenvalue weighted by molar-refractivity contribution is -0.131. The van der Waals surface area contributed by atoms with Crippen LogP contribution in [0.2, 0.25) is 0 Å². The standard InChI is InChI=1S/C14H19BrN2OS/c15-11-3-5-13(6-4-11)19-9-7-14(18)17-8-1-2-12(16)10-17/h3-6,12H,1-2,7-10,16H2. The number of carbonyl (C=O) groups is 1. The van der Waals surface area contributed by atoms with Crippen molar-refractivity contribution in [3.8, 4) is 0 Å². The molecule has 104 valence electrons. The van der Waals surface area contributed by atoms with Crippen molar-refractivity contribution in [2.24, 2.45) is 5.73 Å². The second kappa shape index (κ2) is 7.31. The first-order chi connectivity index (χ1) is 9.15. The van der Waals surface area contributed by atoms with Gasteiger partial charge in [-0.25, -0.2) is 0 Å². The minimum absolute atomic E-state index is 0.164. The molecule has 1 aliphatic rings. The van der Waals surface area contributed by atoms with Crippen molar-refractivity contribution in [1.82, 2.24) is 4.90 Å². The quantitative estimate of drug-likeness (QED) is 0.855. The predicted octanol–water partition coefficient (Wildman–Crippen LogP) is 2.88. The number of halogens is 1. The van der Waals surface area contributed by atoms with Gasteiger partial charge in [0, 0.05) is 40.7 Å². The maximum absolute atomic E-state index is 12.0. The normalized spacial score (nSPS) is 19.5. The van der Waals surface area contributed by atoms with Gasteiger partial charge in [0.1, 0.15) is 0 Å². The van der Waals surface area contributed by atoms with Crippen LogP contribution in [0.4, 0.5) is 0 Å². The molecule has 19 heavy (non-hydrogen) atoms. The molecule has 1 fully saturated rings. The number of hydrogen-bond acceptors (Lipinski definition) is 3. The lowest BCUT2D eigenvalue weighted by atomic mass is 10.1. The van der Waals surface area contributed by atoms with Gasteiger partial charge in [-0.1, -0.05) is 15.9 Å². The van der Waals surface area contributed by atoms with E-state index in [1.807, 2.05) is 17.0 Å². The monoisotopic (exact) mass is 342 g/mol. The fraction of sp³-hybridized carbons (Fsp3) is 0.500. The van der Waals surface area contributed by atoms with Crippen LogP contribution in [0.15, 0.2) is 33.6 Å². The third-order valence-corrected chi connectivity index (χ3v) is 4.75. The number of nitrogens with two attached hydrogens (primary N) is 1. The van der Waals surface area contributed by atoms with E-state index in [4.69, 9.17) is 5.73 Å². The maximum Gasteiger partial charge on any atom is 0.223 e. The van der Waals surface area contributed by atoms with Crippen LogP contribution in [-0.4, -0.2) is 35.7 Å². The summed E-state index contributed by atoms with van der Waals surface area (Å²) in [6, 6.07) is 8.34. The van der Waals surface area contributed by atoms with Crippen LogP contribution in [-0.2, 0) is 4.79 Å². The van der Waals surface area contributed by atoms with Crippen molar-refractivity contribution in [2.75, 3.05) is 18.8 Å². The number of amides is 1. The van der Waals surface area contributed by atoms with Crippen LogP contribution in [0.3, 0.4) is 0 Å². The Morgan fingerprint density at radius 1 is 1.42 bits per heavy atom. The lowest BCUT2D eigenvalue weighted by Gasteiger charge is -2.30. The highest BCUT2D eigenvalue weighted by atomic mass is 79.9. The molecule has 0 saturated carbocycles. The molecular formula is C14H19BrN2OS. The van der Waals surface area contributed by atoms with E-state index < -0.39 is 0 Å². The zero-order chi connectivity index (χ0) is 13.7. The zero-order valence-corrected chi connectivity index (χ0v) is 13.3. The van der Waals surface area contributed by atoms with Gasteiger partial charge in [-0.15, -0.1) is 11.8 Å². The largest absolute Gasteiger partial charge is 0.341 e. The van der Waals surface area contributed by atoms with Crippen molar-refractivity contribution in [2.45, 2.75) is 30.2 Å². The molecule has 0 radical (unpaired) electrons. The van der Waals surface area contributed by atoms with Crippen LogP contribution in [0.25, 0.3) is 0 Å². The summed E-state index contributed by atoms with van der Waals surface area (Å²) in [6.07, 6.45) is 2.66. The van der Waals surface area contributed by atoms with Crippen LogP contribution < -0.4 is 5.73 Å². The Morgan fingerprint density at radius 3 is 2.84 bits per heavy atom. The Balaban J connectivity index is 1.73. The summed E-state index contributed by atoms with van der Waals surface area (Å²) in [5.41, 5.74) is 5.89. The fourth-order valence-corrected chi connectivity index (χ4v) is 3.29. The van der Waals surface area contributed by atoms with Gasteiger partial charge >= 0.3 is 0 Å². The number of benzene rings is 1. The highest BCUT2D eigenvalue weighted by molar-refractivity contribution is 9.10. The lowest BCUT2D eigenvalue weighted by Crippen LogP contribution is -2.45. The van der Waals surface area contributed by atoms with Crippen LogP contribution in [0.1, 0.15) is 19.3 Å². The Bertz CT molecular complexity index is 424. The fourth-order valence-electron chi connectivity index (χ4n) is 2.18. The average Bonchev–Trinajstić information content (AvgIpc) is 2.41. The van der Waals surface area contributed by atoms with Gasteiger partial charge in [-0.05, 0) is 37.1 Å². The molecule has 0 aromatic heterocycles. The number of thioether (sulfide) groups is 1.